The molecule has 0 aliphatic carbocycles. The highest BCUT2D eigenvalue weighted by Crippen LogP contribution is 2.25. The molecule has 0 amide bonds. The van der Waals surface area contributed by atoms with Gasteiger partial charge in [-0.2, -0.15) is 0 Å². The molecule has 0 radical (unpaired) electrons. The van der Waals surface area contributed by atoms with E-state index in [0.717, 1.165) is 0 Å². The van der Waals surface area contributed by atoms with Crippen molar-refractivity contribution >= 4 is 15.5 Å². The van der Waals surface area contributed by atoms with E-state index >= 15 is 0 Å². The van der Waals surface area contributed by atoms with Gasteiger partial charge in [0, 0.05) is 12.1 Å². The minimum Gasteiger partial charge on any atom is -0.475 e. The standard InChI is InChI=1S/C9H11NO3S/c10-7-1-3-8(4-2-7)13-9-5-6-14(9,11)12/h1-4,9H,5-6,10H2. The van der Waals surface area contributed by atoms with Crippen LogP contribution in [0.3, 0.4) is 0 Å². The number of nitrogen functional groups attached to an aromatic ring is 1. The largest absolute Gasteiger partial charge is 0.475 e. The van der Waals surface area contributed by atoms with E-state index in [1.54, 1.807) is 24.3 Å². The van der Waals surface area contributed by atoms with Gasteiger partial charge in [-0.15, -0.1) is 0 Å². The molecule has 1 atom stereocenters. The van der Waals surface area contributed by atoms with Crippen LogP contribution in [0.2, 0.25) is 0 Å². The van der Waals surface area contributed by atoms with Gasteiger partial charge in [-0.25, -0.2) is 8.42 Å². The molecule has 1 unspecified atom stereocenters. The zero-order chi connectivity index (χ0) is 10.2. The summed E-state index contributed by atoms with van der Waals surface area (Å²) in [4.78, 5) is 0. The molecule has 5 heteroatoms. The highest BCUT2D eigenvalue weighted by molar-refractivity contribution is 7.93. The molecule has 1 aromatic rings. The Morgan fingerprint density at radius 2 is 1.93 bits per heavy atom. The number of ether oxygens (including phenoxy) is 1. The van der Waals surface area contributed by atoms with Gasteiger partial charge in [0.1, 0.15) is 5.75 Å². The Morgan fingerprint density at radius 1 is 1.29 bits per heavy atom. The Morgan fingerprint density at radius 3 is 2.36 bits per heavy atom. The lowest BCUT2D eigenvalue weighted by Crippen LogP contribution is -2.40. The summed E-state index contributed by atoms with van der Waals surface area (Å²) >= 11 is 0. The van der Waals surface area contributed by atoms with Crippen molar-refractivity contribution in [2.24, 2.45) is 0 Å². The van der Waals surface area contributed by atoms with Crippen molar-refractivity contribution in [3.05, 3.63) is 24.3 Å². The zero-order valence-electron chi connectivity index (χ0n) is 7.51. The Bertz CT molecular complexity index is 424. The first-order valence-corrected chi connectivity index (χ1v) is 6.03. The molecule has 0 bridgehead atoms. The van der Waals surface area contributed by atoms with Gasteiger partial charge in [0.25, 0.3) is 0 Å². The molecule has 0 saturated carbocycles. The molecular formula is C9H11NO3S. The summed E-state index contributed by atoms with van der Waals surface area (Å²) in [5, 5.41) is 0. The number of hydrogen-bond acceptors (Lipinski definition) is 4. The number of nitrogens with two attached hydrogens (primary N) is 1. The minimum absolute atomic E-state index is 0.229. The van der Waals surface area contributed by atoms with E-state index in [-0.39, 0.29) is 5.75 Å². The molecule has 4 nitrogen and oxygen atoms in total. The van der Waals surface area contributed by atoms with E-state index in [2.05, 4.69) is 0 Å². The Kier molecular flexibility index (Phi) is 2.11. The predicted molar refractivity (Wildman–Crippen MR) is 53.7 cm³/mol. The Labute approximate surface area is 82.6 Å². The number of rotatable bonds is 2. The average Bonchev–Trinajstić information content (AvgIpc) is 2.15. The van der Waals surface area contributed by atoms with E-state index in [1.807, 2.05) is 0 Å². The summed E-state index contributed by atoms with van der Waals surface area (Å²) in [7, 11) is -2.98. The Balaban J connectivity index is 2.09. The van der Waals surface area contributed by atoms with Crippen LogP contribution in [0.1, 0.15) is 6.42 Å². The molecule has 0 aromatic heterocycles. The molecule has 2 N–H and O–H groups in total. The maximum atomic E-state index is 11.1. The second kappa shape index (κ2) is 3.16. The van der Waals surface area contributed by atoms with Crippen LogP contribution in [-0.4, -0.2) is 19.6 Å². The minimum atomic E-state index is -2.98. The fourth-order valence-corrected chi connectivity index (χ4v) is 2.31. The van der Waals surface area contributed by atoms with E-state index in [4.69, 9.17) is 10.5 Å². The summed E-state index contributed by atoms with van der Waals surface area (Å²) in [6.45, 7) is 0. The van der Waals surface area contributed by atoms with Gasteiger partial charge in [-0.3, -0.25) is 0 Å². The van der Waals surface area contributed by atoms with Gasteiger partial charge in [0.2, 0.25) is 0 Å². The number of benzene rings is 1. The lowest BCUT2D eigenvalue weighted by atomic mass is 10.3. The molecule has 2 rings (SSSR count). The lowest BCUT2D eigenvalue weighted by Gasteiger charge is -2.26. The van der Waals surface area contributed by atoms with Crippen molar-refractivity contribution in [2.75, 3.05) is 11.5 Å². The molecule has 1 aliphatic heterocycles. The van der Waals surface area contributed by atoms with Gasteiger partial charge in [-0.1, -0.05) is 0 Å². The quantitative estimate of drug-likeness (QED) is 0.737. The van der Waals surface area contributed by atoms with Crippen molar-refractivity contribution in [1.82, 2.24) is 0 Å². The smallest absolute Gasteiger partial charge is 0.200 e. The van der Waals surface area contributed by atoms with E-state index in [9.17, 15) is 8.42 Å². The van der Waals surface area contributed by atoms with Crippen LogP contribution in [0, 0.1) is 0 Å². The molecule has 1 aliphatic rings. The lowest BCUT2D eigenvalue weighted by molar-refractivity contribution is 0.250. The third-order valence-corrected chi connectivity index (χ3v) is 4.12. The summed E-state index contributed by atoms with van der Waals surface area (Å²) in [5.74, 6) is 0.777. The Hall–Kier alpha value is -1.23. The fraction of sp³-hybridized carbons (Fsp3) is 0.333. The van der Waals surface area contributed by atoms with Crippen LogP contribution in [0.25, 0.3) is 0 Å². The molecule has 0 spiro atoms. The second-order valence-corrected chi connectivity index (χ2v) is 5.53. The van der Waals surface area contributed by atoms with Gasteiger partial charge in [-0.05, 0) is 24.3 Å². The molecule has 1 fully saturated rings. The predicted octanol–water partition coefficient (Wildman–Crippen LogP) is 0.792. The topological polar surface area (TPSA) is 69.4 Å². The molecule has 1 heterocycles. The van der Waals surface area contributed by atoms with E-state index < -0.39 is 15.3 Å². The van der Waals surface area contributed by atoms with Crippen LogP contribution in [-0.2, 0) is 9.84 Å². The van der Waals surface area contributed by atoms with Gasteiger partial charge in [0.05, 0.1) is 5.75 Å². The second-order valence-electron chi connectivity index (χ2n) is 3.27. The molecule has 14 heavy (non-hydrogen) atoms. The maximum absolute atomic E-state index is 11.1. The zero-order valence-corrected chi connectivity index (χ0v) is 8.33. The molecule has 76 valence electrons. The molecule has 1 aromatic carbocycles. The monoisotopic (exact) mass is 213 g/mol. The van der Waals surface area contributed by atoms with Crippen LogP contribution in [0.15, 0.2) is 24.3 Å². The van der Waals surface area contributed by atoms with Gasteiger partial charge >= 0.3 is 0 Å². The van der Waals surface area contributed by atoms with Crippen molar-refractivity contribution in [2.45, 2.75) is 11.9 Å². The van der Waals surface area contributed by atoms with Gasteiger partial charge in [0.15, 0.2) is 15.3 Å². The summed E-state index contributed by atoms with van der Waals surface area (Å²) < 4.78 is 27.6. The van der Waals surface area contributed by atoms with Crippen molar-refractivity contribution in [1.29, 1.82) is 0 Å². The number of sulfone groups is 1. The van der Waals surface area contributed by atoms with Crippen LogP contribution < -0.4 is 10.5 Å². The van der Waals surface area contributed by atoms with Crippen LogP contribution in [0.4, 0.5) is 5.69 Å². The van der Waals surface area contributed by atoms with E-state index in [1.165, 1.54) is 0 Å². The van der Waals surface area contributed by atoms with Crippen molar-refractivity contribution in [3.8, 4) is 5.75 Å². The first kappa shape index (κ1) is 9.33. The SMILES string of the molecule is Nc1ccc(OC2CCS2(=O)=O)cc1. The number of hydrogen-bond donors (Lipinski definition) is 1. The summed E-state index contributed by atoms with van der Waals surface area (Å²) in [6, 6.07) is 6.70. The third kappa shape index (κ3) is 1.68. The number of anilines is 1. The first-order valence-electron chi connectivity index (χ1n) is 4.32. The summed E-state index contributed by atoms with van der Waals surface area (Å²) in [5.41, 5.74) is 5.46. The highest BCUT2D eigenvalue weighted by Gasteiger charge is 2.37. The summed E-state index contributed by atoms with van der Waals surface area (Å²) in [6.07, 6.45) is 0.576. The molecule has 1 saturated heterocycles. The fourth-order valence-electron chi connectivity index (χ4n) is 1.24. The van der Waals surface area contributed by atoms with Crippen LogP contribution in [0.5, 0.6) is 5.75 Å². The normalized spacial score (nSPS) is 23.9. The van der Waals surface area contributed by atoms with Gasteiger partial charge < -0.3 is 10.5 Å². The van der Waals surface area contributed by atoms with E-state index in [0.29, 0.717) is 17.9 Å². The van der Waals surface area contributed by atoms with Crippen molar-refractivity contribution < 1.29 is 13.2 Å². The first-order chi connectivity index (χ1) is 6.58. The maximum Gasteiger partial charge on any atom is 0.200 e. The highest BCUT2D eigenvalue weighted by atomic mass is 32.2. The molecular weight excluding hydrogens is 202 g/mol. The van der Waals surface area contributed by atoms with Crippen molar-refractivity contribution in [3.63, 3.8) is 0 Å². The third-order valence-electron chi connectivity index (χ3n) is 2.19. The van der Waals surface area contributed by atoms with Crippen LogP contribution >= 0.6 is 0 Å². The average molecular weight is 213 g/mol.